The summed E-state index contributed by atoms with van der Waals surface area (Å²) in [5.74, 6) is -1.24. The van der Waals surface area contributed by atoms with Gasteiger partial charge in [0, 0.05) is 12.7 Å². The van der Waals surface area contributed by atoms with Gasteiger partial charge in [-0.2, -0.15) is 0 Å². The van der Waals surface area contributed by atoms with Crippen molar-refractivity contribution >= 4 is 46.6 Å². The molecule has 198 valence electrons. The summed E-state index contributed by atoms with van der Waals surface area (Å²) in [5.41, 5.74) is 0.411. The molecule has 2 aromatic rings. The molecule has 4 N–H and O–H groups in total. The standard InChI is InChI=1S/C21H25Cl2N3O9S/c1-4-33-20(31)14-12(36-26-25-14)7-34-18-10(22)5-9(8(2)13(18)23)19(30)24-15-17(29)16(28)11(6-27)35-21(15)32-3/h5,11,15-17,21,27-29H,4,6-7H2,1-3H3,(H,24,30)/t11-,15-,16-,17-,21+/m1/s1. The first kappa shape index (κ1) is 28.5. The number of ether oxygens (including phenoxy) is 4. The van der Waals surface area contributed by atoms with E-state index in [1.54, 1.807) is 13.8 Å². The molecule has 36 heavy (non-hydrogen) atoms. The van der Waals surface area contributed by atoms with Crippen molar-refractivity contribution in [3.8, 4) is 5.75 Å². The molecule has 1 aromatic carbocycles. The highest BCUT2D eigenvalue weighted by Crippen LogP contribution is 2.38. The Morgan fingerprint density at radius 3 is 2.64 bits per heavy atom. The summed E-state index contributed by atoms with van der Waals surface area (Å²) < 4.78 is 25.0. The van der Waals surface area contributed by atoms with E-state index in [0.717, 1.165) is 11.5 Å². The number of benzene rings is 1. The summed E-state index contributed by atoms with van der Waals surface area (Å²) in [7, 11) is 1.29. The summed E-state index contributed by atoms with van der Waals surface area (Å²) in [5, 5.41) is 36.3. The maximum atomic E-state index is 13.1. The first-order valence-electron chi connectivity index (χ1n) is 10.7. The molecule has 5 atom stereocenters. The Hall–Kier alpha value is -2.10. The van der Waals surface area contributed by atoms with E-state index < -0.39 is 49.1 Å². The Bertz CT molecular complexity index is 1100. The minimum atomic E-state index is -1.49. The number of hydrogen-bond acceptors (Lipinski definition) is 12. The van der Waals surface area contributed by atoms with Gasteiger partial charge in [-0.1, -0.05) is 27.7 Å². The molecule has 0 spiro atoms. The van der Waals surface area contributed by atoms with E-state index >= 15 is 0 Å². The van der Waals surface area contributed by atoms with Gasteiger partial charge in [-0.15, -0.1) is 5.10 Å². The van der Waals surface area contributed by atoms with Gasteiger partial charge in [0.2, 0.25) is 0 Å². The Morgan fingerprint density at radius 1 is 1.28 bits per heavy atom. The SMILES string of the molecule is CCOC(=O)c1nnsc1COc1c(Cl)cc(C(=O)N[C@H]2[C@@H](OC)O[C@H](CO)[C@@H](O)[C@@H]2O)c(C)c1Cl. The van der Waals surface area contributed by atoms with Crippen LogP contribution in [0.4, 0.5) is 0 Å². The number of aromatic nitrogens is 2. The smallest absolute Gasteiger partial charge is 0.360 e. The summed E-state index contributed by atoms with van der Waals surface area (Å²) in [6.45, 7) is 2.73. The highest BCUT2D eigenvalue weighted by Gasteiger charge is 2.45. The molecule has 15 heteroatoms. The lowest BCUT2D eigenvalue weighted by molar-refractivity contribution is -0.261. The van der Waals surface area contributed by atoms with E-state index in [0.29, 0.717) is 10.4 Å². The number of nitrogens with zero attached hydrogens (tertiary/aromatic N) is 2. The maximum Gasteiger partial charge on any atom is 0.360 e. The quantitative estimate of drug-likeness (QED) is 0.321. The van der Waals surface area contributed by atoms with Gasteiger partial charge in [0.25, 0.3) is 5.91 Å². The Labute approximate surface area is 220 Å². The van der Waals surface area contributed by atoms with Gasteiger partial charge in [0.05, 0.1) is 28.1 Å². The van der Waals surface area contributed by atoms with Crippen LogP contribution in [0, 0.1) is 6.92 Å². The number of aliphatic hydroxyl groups excluding tert-OH is 3. The predicted octanol–water partition coefficient (Wildman–Crippen LogP) is 1.09. The van der Waals surface area contributed by atoms with Crippen molar-refractivity contribution < 1.29 is 43.9 Å². The minimum Gasteiger partial charge on any atom is -0.485 e. The van der Waals surface area contributed by atoms with E-state index in [2.05, 4.69) is 14.9 Å². The topological polar surface area (TPSA) is 170 Å². The number of hydrogen-bond donors (Lipinski definition) is 4. The second-order valence-electron chi connectivity index (χ2n) is 7.67. The monoisotopic (exact) mass is 565 g/mol. The maximum absolute atomic E-state index is 13.1. The number of aliphatic hydroxyl groups is 3. The number of methoxy groups -OCH3 is 1. The number of carbonyl (C=O) groups is 2. The predicted molar refractivity (Wildman–Crippen MR) is 127 cm³/mol. The molecule has 1 fully saturated rings. The lowest BCUT2D eigenvalue weighted by atomic mass is 9.96. The zero-order valence-corrected chi connectivity index (χ0v) is 21.8. The first-order chi connectivity index (χ1) is 17.1. The molecular formula is C21H25Cl2N3O9S. The van der Waals surface area contributed by atoms with Crippen LogP contribution in [0.5, 0.6) is 5.75 Å². The van der Waals surface area contributed by atoms with Crippen LogP contribution in [0.3, 0.4) is 0 Å². The van der Waals surface area contributed by atoms with Gasteiger partial charge < -0.3 is 39.6 Å². The summed E-state index contributed by atoms with van der Waals surface area (Å²) >= 11 is 13.8. The highest BCUT2D eigenvalue weighted by molar-refractivity contribution is 7.05. The van der Waals surface area contributed by atoms with E-state index in [4.69, 9.17) is 42.1 Å². The number of amides is 1. The van der Waals surface area contributed by atoms with Crippen LogP contribution in [-0.4, -0.2) is 87.8 Å². The third-order valence-electron chi connectivity index (χ3n) is 5.45. The van der Waals surface area contributed by atoms with E-state index in [-0.39, 0.29) is 40.3 Å². The third-order valence-corrected chi connectivity index (χ3v) is 6.88. The lowest BCUT2D eigenvalue weighted by Gasteiger charge is -2.41. The molecule has 0 radical (unpaired) electrons. The van der Waals surface area contributed by atoms with Crippen LogP contribution in [-0.2, 0) is 20.8 Å². The molecule has 12 nitrogen and oxygen atoms in total. The molecule has 2 heterocycles. The Balaban J connectivity index is 1.78. The summed E-state index contributed by atoms with van der Waals surface area (Å²) in [4.78, 5) is 25.4. The second kappa shape index (κ2) is 12.4. The molecular weight excluding hydrogens is 541 g/mol. The molecule has 1 saturated heterocycles. The fourth-order valence-corrected chi connectivity index (χ4v) is 4.63. The van der Waals surface area contributed by atoms with Gasteiger partial charge >= 0.3 is 5.97 Å². The molecule has 0 aliphatic carbocycles. The van der Waals surface area contributed by atoms with Crippen LogP contribution in [0.15, 0.2) is 6.07 Å². The van der Waals surface area contributed by atoms with Crippen molar-refractivity contribution in [3.63, 3.8) is 0 Å². The van der Waals surface area contributed by atoms with Crippen molar-refractivity contribution in [2.45, 2.75) is 51.1 Å². The third kappa shape index (κ3) is 5.89. The van der Waals surface area contributed by atoms with Crippen LogP contribution in [0.1, 0.15) is 38.2 Å². The molecule has 3 rings (SSSR count). The minimum absolute atomic E-state index is 0.00928. The molecule has 0 bridgehead atoms. The van der Waals surface area contributed by atoms with E-state index in [9.17, 15) is 24.9 Å². The number of nitrogens with one attached hydrogen (secondary N) is 1. The fourth-order valence-electron chi connectivity index (χ4n) is 3.52. The number of esters is 1. The average molecular weight is 566 g/mol. The van der Waals surface area contributed by atoms with Crippen LogP contribution in [0.25, 0.3) is 0 Å². The number of rotatable bonds is 9. The van der Waals surface area contributed by atoms with Crippen LogP contribution < -0.4 is 10.1 Å². The molecule has 0 unspecified atom stereocenters. The molecule has 1 aliphatic heterocycles. The molecule has 1 amide bonds. The normalized spacial score (nSPS) is 23.8. The van der Waals surface area contributed by atoms with Crippen molar-refractivity contribution in [2.75, 3.05) is 20.3 Å². The first-order valence-corrected chi connectivity index (χ1v) is 12.2. The van der Waals surface area contributed by atoms with Gasteiger partial charge in [-0.25, -0.2) is 4.79 Å². The Kier molecular flexibility index (Phi) is 9.83. The van der Waals surface area contributed by atoms with Gasteiger partial charge in [0.1, 0.15) is 31.0 Å². The van der Waals surface area contributed by atoms with Gasteiger partial charge in [-0.3, -0.25) is 4.79 Å². The van der Waals surface area contributed by atoms with Gasteiger partial charge in [-0.05, 0) is 37.0 Å². The molecule has 1 aromatic heterocycles. The molecule has 1 aliphatic rings. The largest absolute Gasteiger partial charge is 0.485 e. The number of carbonyl (C=O) groups excluding carboxylic acids is 2. The van der Waals surface area contributed by atoms with Crippen molar-refractivity contribution in [1.82, 2.24) is 14.9 Å². The molecule has 0 saturated carbocycles. The van der Waals surface area contributed by atoms with Crippen LogP contribution in [0.2, 0.25) is 10.0 Å². The van der Waals surface area contributed by atoms with Crippen molar-refractivity contribution in [1.29, 1.82) is 0 Å². The van der Waals surface area contributed by atoms with E-state index in [1.807, 2.05) is 0 Å². The van der Waals surface area contributed by atoms with E-state index in [1.165, 1.54) is 13.2 Å². The summed E-state index contributed by atoms with van der Waals surface area (Å²) in [6, 6.07) is 0.170. The highest BCUT2D eigenvalue weighted by atomic mass is 35.5. The van der Waals surface area contributed by atoms with Crippen LogP contribution >= 0.6 is 34.7 Å². The Morgan fingerprint density at radius 2 is 2.00 bits per heavy atom. The second-order valence-corrected chi connectivity index (χ2v) is 9.29. The van der Waals surface area contributed by atoms with Gasteiger partial charge in [0.15, 0.2) is 17.7 Å². The fraction of sp³-hybridized carbons (Fsp3) is 0.524. The van der Waals surface area contributed by atoms with Crippen molar-refractivity contribution in [2.24, 2.45) is 0 Å². The average Bonchev–Trinajstić information content (AvgIpc) is 3.33. The summed E-state index contributed by atoms with van der Waals surface area (Å²) in [6.07, 6.45) is -5.17. The zero-order valence-electron chi connectivity index (χ0n) is 19.4. The van der Waals surface area contributed by atoms with Crippen molar-refractivity contribution in [3.05, 3.63) is 37.8 Å². The number of halogens is 2. The zero-order chi connectivity index (χ0) is 26.6. The lowest BCUT2D eigenvalue weighted by Crippen LogP contribution is -2.64.